The van der Waals surface area contributed by atoms with E-state index >= 15 is 0 Å². The van der Waals surface area contributed by atoms with Gasteiger partial charge >= 0.3 is 0 Å². The number of fused-ring (bicyclic) bond motifs is 1. The molecular formula is C19H16N2O4. The molecule has 1 N–H and O–H groups in total. The fourth-order valence-electron chi connectivity index (χ4n) is 2.68. The fourth-order valence-corrected chi connectivity index (χ4v) is 2.68. The van der Waals surface area contributed by atoms with Crippen LogP contribution in [-0.2, 0) is 4.79 Å². The smallest absolute Gasteiger partial charge is 0.269 e. The van der Waals surface area contributed by atoms with Crippen LogP contribution in [0.15, 0.2) is 59.5 Å². The molecule has 0 saturated carbocycles. The molecule has 0 spiro atoms. The fraction of sp³-hybridized carbons (Fsp3) is 0.158. The van der Waals surface area contributed by atoms with Gasteiger partial charge in [-0.2, -0.15) is 0 Å². The lowest BCUT2D eigenvalue weighted by Gasteiger charge is -2.25. The van der Waals surface area contributed by atoms with Crippen molar-refractivity contribution in [3.63, 3.8) is 0 Å². The zero-order chi connectivity index (χ0) is 17.2. The number of carbonyl (C=O) groups excluding carboxylic acids is 1. The lowest BCUT2D eigenvalue weighted by Crippen LogP contribution is -2.40. The summed E-state index contributed by atoms with van der Waals surface area (Å²) in [5.41, 5.74) is 2.54. The Kier molecular flexibility index (Phi) is 3.85. The van der Waals surface area contributed by atoms with Crippen LogP contribution < -0.4 is 14.8 Å². The molecule has 2 aromatic carbocycles. The van der Waals surface area contributed by atoms with E-state index in [1.807, 2.05) is 43.3 Å². The number of hydrogen-bond acceptors (Lipinski definition) is 5. The summed E-state index contributed by atoms with van der Waals surface area (Å²) in [6.07, 6.45) is 2.35. The number of para-hydroxylation sites is 2. The first-order chi connectivity index (χ1) is 12.2. The van der Waals surface area contributed by atoms with E-state index in [1.54, 1.807) is 12.3 Å². The quantitative estimate of drug-likeness (QED) is 0.793. The summed E-state index contributed by atoms with van der Waals surface area (Å²) in [5.74, 6) is 1.66. The highest BCUT2D eigenvalue weighted by atomic mass is 16.6. The summed E-state index contributed by atoms with van der Waals surface area (Å²) in [6.45, 7) is 2.10. The molecule has 1 unspecified atom stereocenters. The number of oxazole rings is 1. The van der Waals surface area contributed by atoms with Gasteiger partial charge < -0.3 is 19.2 Å². The van der Waals surface area contributed by atoms with Crippen molar-refractivity contribution in [2.24, 2.45) is 0 Å². The maximum atomic E-state index is 12.5. The monoisotopic (exact) mass is 336 g/mol. The van der Waals surface area contributed by atoms with Gasteiger partial charge in [0, 0.05) is 11.3 Å². The lowest BCUT2D eigenvalue weighted by molar-refractivity contribution is -0.125. The first-order valence-corrected chi connectivity index (χ1v) is 7.89. The van der Waals surface area contributed by atoms with Crippen LogP contribution in [0.1, 0.15) is 5.56 Å². The minimum Gasteiger partial charge on any atom is -0.485 e. The van der Waals surface area contributed by atoms with Gasteiger partial charge in [0.2, 0.25) is 6.10 Å². The molecule has 3 aromatic rings. The van der Waals surface area contributed by atoms with Crippen LogP contribution in [0, 0.1) is 6.92 Å². The molecule has 1 atom stereocenters. The van der Waals surface area contributed by atoms with Gasteiger partial charge in [0.1, 0.15) is 6.61 Å². The highest BCUT2D eigenvalue weighted by Crippen LogP contribution is 2.31. The van der Waals surface area contributed by atoms with Crippen LogP contribution >= 0.6 is 0 Å². The van der Waals surface area contributed by atoms with Crippen LogP contribution in [0.3, 0.4) is 0 Å². The lowest BCUT2D eigenvalue weighted by atomic mass is 10.1. The molecule has 1 aromatic heterocycles. The van der Waals surface area contributed by atoms with E-state index in [0.29, 0.717) is 17.3 Å². The number of rotatable bonds is 3. The molecule has 4 rings (SSSR count). The van der Waals surface area contributed by atoms with Gasteiger partial charge in [-0.05, 0) is 42.8 Å². The van der Waals surface area contributed by atoms with E-state index in [1.165, 1.54) is 6.39 Å². The molecule has 0 radical (unpaired) electrons. The standard InChI is InChI=1S/C19H16N2O4/c1-12-8-13(17-9-20-11-24-17)6-7-14(12)21-19(22)18-10-23-15-4-2-3-5-16(15)25-18/h2-9,11,18H,10H2,1H3,(H,21,22). The molecule has 2 heterocycles. The average molecular weight is 336 g/mol. The topological polar surface area (TPSA) is 73.6 Å². The van der Waals surface area contributed by atoms with Crippen LogP contribution in [0.2, 0.25) is 0 Å². The van der Waals surface area contributed by atoms with Crippen molar-refractivity contribution in [1.29, 1.82) is 0 Å². The summed E-state index contributed by atoms with van der Waals surface area (Å²) in [6, 6.07) is 12.9. The third-order valence-corrected chi connectivity index (χ3v) is 4.00. The van der Waals surface area contributed by atoms with Crippen molar-refractivity contribution < 1.29 is 18.7 Å². The number of nitrogens with zero attached hydrogens (tertiary/aromatic N) is 1. The largest absolute Gasteiger partial charge is 0.485 e. The maximum Gasteiger partial charge on any atom is 0.269 e. The van der Waals surface area contributed by atoms with Crippen LogP contribution in [0.4, 0.5) is 5.69 Å². The minimum atomic E-state index is -0.691. The second-order valence-electron chi connectivity index (χ2n) is 5.75. The van der Waals surface area contributed by atoms with Crippen LogP contribution in [0.25, 0.3) is 11.3 Å². The third kappa shape index (κ3) is 3.06. The molecule has 0 bridgehead atoms. The summed E-state index contributed by atoms with van der Waals surface area (Å²) < 4.78 is 16.6. The first-order valence-electron chi connectivity index (χ1n) is 7.89. The Morgan fingerprint density at radius 3 is 2.80 bits per heavy atom. The van der Waals surface area contributed by atoms with Crippen molar-refractivity contribution in [2.75, 3.05) is 11.9 Å². The van der Waals surface area contributed by atoms with Crippen molar-refractivity contribution in [2.45, 2.75) is 13.0 Å². The van der Waals surface area contributed by atoms with Crippen molar-refractivity contribution in [3.05, 3.63) is 60.6 Å². The molecule has 1 amide bonds. The van der Waals surface area contributed by atoms with E-state index in [2.05, 4.69) is 10.3 Å². The Hall–Kier alpha value is -3.28. The zero-order valence-electron chi connectivity index (χ0n) is 13.6. The van der Waals surface area contributed by atoms with Gasteiger partial charge in [0.05, 0.1) is 6.20 Å². The molecule has 6 nitrogen and oxygen atoms in total. The Balaban J connectivity index is 1.48. The maximum absolute atomic E-state index is 12.5. The normalized spacial score (nSPS) is 15.6. The van der Waals surface area contributed by atoms with Gasteiger partial charge in [-0.15, -0.1) is 0 Å². The second kappa shape index (κ2) is 6.32. The van der Waals surface area contributed by atoms with E-state index in [9.17, 15) is 4.79 Å². The molecule has 0 saturated heterocycles. The molecule has 0 fully saturated rings. The number of anilines is 1. The van der Waals surface area contributed by atoms with E-state index < -0.39 is 6.10 Å². The Labute approximate surface area is 144 Å². The van der Waals surface area contributed by atoms with E-state index in [0.717, 1.165) is 16.8 Å². The van der Waals surface area contributed by atoms with E-state index in [4.69, 9.17) is 13.9 Å². The molecular weight excluding hydrogens is 320 g/mol. The van der Waals surface area contributed by atoms with Crippen LogP contribution in [-0.4, -0.2) is 23.6 Å². The number of hydrogen-bond donors (Lipinski definition) is 1. The zero-order valence-corrected chi connectivity index (χ0v) is 13.6. The number of aryl methyl sites for hydroxylation is 1. The van der Waals surface area contributed by atoms with Gasteiger partial charge in [-0.3, -0.25) is 4.79 Å². The number of aromatic nitrogens is 1. The SMILES string of the molecule is Cc1cc(-c2cnco2)ccc1NC(=O)C1COc2ccccc2O1. The minimum absolute atomic E-state index is 0.179. The summed E-state index contributed by atoms with van der Waals surface area (Å²) in [5, 5.41) is 2.89. The molecule has 1 aliphatic rings. The van der Waals surface area contributed by atoms with Crippen molar-refractivity contribution in [3.8, 4) is 22.8 Å². The Bertz CT molecular complexity index is 906. The number of carbonyl (C=O) groups is 1. The average Bonchev–Trinajstić information content (AvgIpc) is 3.17. The van der Waals surface area contributed by atoms with Crippen LogP contribution in [0.5, 0.6) is 11.5 Å². The number of nitrogens with one attached hydrogen (secondary N) is 1. The third-order valence-electron chi connectivity index (χ3n) is 4.00. The highest BCUT2D eigenvalue weighted by Gasteiger charge is 2.27. The molecule has 6 heteroatoms. The van der Waals surface area contributed by atoms with E-state index in [-0.39, 0.29) is 12.5 Å². The summed E-state index contributed by atoms with van der Waals surface area (Å²) in [7, 11) is 0. The summed E-state index contributed by atoms with van der Waals surface area (Å²) >= 11 is 0. The van der Waals surface area contributed by atoms with Gasteiger partial charge in [0.15, 0.2) is 23.7 Å². The number of benzene rings is 2. The first kappa shape index (κ1) is 15.3. The predicted molar refractivity (Wildman–Crippen MR) is 91.7 cm³/mol. The highest BCUT2D eigenvalue weighted by molar-refractivity contribution is 5.95. The Morgan fingerprint density at radius 2 is 2.04 bits per heavy atom. The second-order valence-corrected chi connectivity index (χ2v) is 5.75. The molecule has 126 valence electrons. The van der Waals surface area contributed by atoms with Crippen molar-refractivity contribution >= 4 is 11.6 Å². The molecule has 1 aliphatic heterocycles. The number of ether oxygens (including phenoxy) is 2. The van der Waals surface area contributed by atoms with Gasteiger partial charge in [0.25, 0.3) is 5.91 Å². The predicted octanol–water partition coefficient (Wildman–Crippen LogP) is 3.43. The summed E-state index contributed by atoms with van der Waals surface area (Å²) in [4.78, 5) is 16.4. The van der Waals surface area contributed by atoms with Gasteiger partial charge in [-0.25, -0.2) is 4.98 Å². The Morgan fingerprint density at radius 1 is 1.20 bits per heavy atom. The molecule has 0 aliphatic carbocycles. The van der Waals surface area contributed by atoms with Gasteiger partial charge in [-0.1, -0.05) is 12.1 Å². The number of amides is 1. The van der Waals surface area contributed by atoms with Crippen molar-refractivity contribution in [1.82, 2.24) is 4.98 Å². The molecule has 25 heavy (non-hydrogen) atoms.